The second kappa shape index (κ2) is 4.02. The summed E-state index contributed by atoms with van der Waals surface area (Å²) in [6, 6.07) is 0.00347. The van der Waals surface area contributed by atoms with Crippen LogP contribution in [-0.2, 0) is 0 Å². The number of nitrogens with two attached hydrogens (primary N) is 1. The van der Waals surface area contributed by atoms with Crippen LogP contribution in [0.4, 0.5) is 4.39 Å². The molecule has 3 unspecified atom stereocenters. The predicted octanol–water partition coefficient (Wildman–Crippen LogP) is 0.671. The Kier molecular flexibility index (Phi) is 3.27. The first-order chi connectivity index (χ1) is 5.24. The average molecular weight is 160 g/mol. The lowest BCUT2D eigenvalue weighted by Crippen LogP contribution is -2.46. The van der Waals surface area contributed by atoms with Crippen molar-refractivity contribution >= 4 is 0 Å². The second-order valence-corrected chi connectivity index (χ2v) is 3.44. The summed E-state index contributed by atoms with van der Waals surface area (Å²) >= 11 is 0. The molecule has 1 aliphatic rings. The van der Waals surface area contributed by atoms with E-state index in [1.54, 1.807) is 0 Å². The van der Waals surface area contributed by atoms with E-state index in [1.165, 1.54) is 0 Å². The van der Waals surface area contributed by atoms with Gasteiger partial charge in [-0.3, -0.25) is 0 Å². The van der Waals surface area contributed by atoms with E-state index >= 15 is 0 Å². The van der Waals surface area contributed by atoms with Crippen LogP contribution >= 0.6 is 0 Å². The van der Waals surface area contributed by atoms with E-state index in [1.807, 2.05) is 0 Å². The van der Waals surface area contributed by atoms with Gasteiger partial charge in [0, 0.05) is 12.6 Å². The number of piperidine rings is 1. The van der Waals surface area contributed by atoms with Crippen LogP contribution in [0.25, 0.3) is 0 Å². The van der Waals surface area contributed by atoms with E-state index in [4.69, 9.17) is 5.73 Å². The maximum absolute atomic E-state index is 13.0. The van der Waals surface area contributed by atoms with Crippen molar-refractivity contribution in [1.82, 2.24) is 5.32 Å². The Balaban J connectivity index is 2.33. The van der Waals surface area contributed by atoms with Crippen LogP contribution in [0, 0.1) is 5.92 Å². The Hall–Kier alpha value is -0.150. The molecule has 11 heavy (non-hydrogen) atoms. The standard InChI is InChI=1S/C8H17FN2/c1-6-2-3-11-8(4-6)7(9)5-10/h6-8,11H,2-5,10H2,1H3. The minimum atomic E-state index is -0.863. The third-order valence-corrected chi connectivity index (χ3v) is 2.36. The van der Waals surface area contributed by atoms with Crippen LogP contribution in [0.3, 0.4) is 0 Å². The first-order valence-corrected chi connectivity index (χ1v) is 4.31. The van der Waals surface area contributed by atoms with Gasteiger partial charge in [-0.2, -0.15) is 0 Å². The lowest BCUT2D eigenvalue weighted by Gasteiger charge is -2.29. The number of hydrogen-bond donors (Lipinski definition) is 2. The highest BCUT2D eigenvalue weighted by atomic mass is 19.1. The van der Waals surface area contributed by atoms with Crippen molar-refractivity contribution in [2.45, 2.75) is 32.0 Å². The maximum Gasteiger partial charge on any atom is 0.127 e. The summed E-state index contributed by atoms with van der Waals surface area (Å²) in [6.07, 6.45) is 1.23. The summed E-state index contributed by atoms with van der Waals surface area (Å²) in [5.41, 5.74) is 5.23. The van der Waals surface area contributed by atoms with Crippen molar-refractivity contribution in [3.63, 3.8) is 0 Å². The smallest absolute Gasteiger partial charge is 0.127 e. The van der Waals surface area contributed by atoms with Gasteiger partial charge in [0.05, 0.1) is 0 Å². The van der Waals surface area contributed by atoms with Crippen LogP contribution in [0.5, 0.6) is 0 Å². The maximum atomic E-state index is 13.0. The molecule has 1 aliphatic heterocycles. The molecule has 0 bridgehead atoms. The van der Waals surface area contributed by atoms with Gasteiger partial charge in [-0.1, -0.05) is 6.92 Å². The molecule has 66 valence electrons. The second-order valence-electron chi connectivity index (χ2n) is 3.44. The zero-order chi connectivity index (χ0) is 8.27. The Labute approximate surface area is 67.3 Å². The third kappa shape index (κ3) is 2.42. The van der Waals surface area contributed by atoms with Crippen molar-refractivity contribution in [3.05, 3.63) is 0 Å². The molecule has 1 fully saturated rings. The Morgan fingerprint density at radius 2 is 2.45 bits per heavy atom. The fourth-order valence-corrected chi connectivity index (χ4v) is 1.59. The molecule has 0 saturated carbocycles. The largest absolute Gasteiger partial charge is 0.328 e. The van der Waals surface area contributed by atoms with E-state index in [0.29, 0.717) is 5.92 Å². The fourth-order valence-electron chi connectivity index (χ4n) is 1.59. The van der Waals surface area contributed by atoms with Crippen LogP contribution in [-0.4, -0.2) is 25.3 Å². The first-order valence-electron chi connectivity index (χ1n) is 4.31. The van der Waals surface area contributed by atoms with Gasteiger partial charge in [-0.15, -0.1) is 0 Å². The van der Waals surface area contributed by atoms with Gasteiger partial charge < -0.3 is 11.1 Å². The highest BCUT2D eigenvalue weighted by Crippen LogP contribution is 2.18. The van der Waals surface area contributed by atoms with Gasteiger partial charge in [0.25, 0.3) is 0 Å². The highest BCUT2D eigenvalue weighted by Gasteiger charge is 2.24. The molecule has 3 N–H and O–H groups in total. The van der Waals surface area contributed by atoms with E-state index < -0.39 is 6.17 Å². The minimum Gasteiger partial charge on any atom is -0.328 e. The lowest BCUT2D eigenvalue weighted by molar-refractivity contribution is 0.197. The summed E-state index contributed by atoms with van der Waals surface area (Å²) < 4.78 is 13.0. The van der Waals surface area contributed by atoms with Crippen molar-refractivity contribution in [2.24, 2.45) is 11.7 Å². The number of halogens is 1. The highest BCUT2D eigenvalue weighted by molar-refractivity contribution is 4.82. The summed E-state index contributed by atoms with van der Waals surface area (Å²) in [6.45, 7) is 3.24. The molecule has 0 radical (unpaired) electrons. The first kappa shape index (κ1) is 8.94. The van der Waals surface area contributed by atoms with Gasteiger partial charge in [0.1, 0.15) is 6.17 Å². The Morgan fingerprint density at radius 3 is 3.00 bits per heavy atom. The molecule has 0 aliphatic carbocycles. The molecule has 1 saturated heterocycles. The normalized spacial score (nSPS) is 35.2. The van der Waals surface area contributed by atoms with E-state index in [2.05, 4.69) is 12.2 Å². The SMILES string of the molecule is CC1CCNC(C(F)CN)C1. The zero-order valence-electron chi connectivity index (χ0n) is 7.02. The van der Waals surface area contributed by atoms with Crippen LogP contribution in [0.2, 0.25) is 0 Å². The van der Waals surface area contributed by atoms with Gasteiger partial charge >= 0.3 is 0 Å². The predicted molar refractivity (Wildman–Crippen MR) is 44.1 cm³/mol. The number of rotatable bonds is 2. The summed E-state index contributed by atoms with van der Waals surface area (Å²) in [5.74, 6) is 0.644. The van der Waals surface area contributed by atoms with Crippen molar-refractivity contribution < 1.29 is 4.39 Å². The summed E-state index contributed by atoms with van der Waals surface area (Å²) in [4.78, 5) is 0. The van der Waals surface area contributed by atoms with Crippen LogP contribution < -0.4 is 11.1 Å². The quantitative estimate of drug-likeness (QED) is 0.623. The van der Waals surface area contributed by atoms with Gasteiger partial charge in [-0.25, -0.2) is 4.39 Å². The summed E-state index contributed by atoms with van der Waals surface area (Å²) in [5, 5.41) is 3.15. The Bertz CT molecular complexity index is 119. The Morgan fingerprint density at radius 1 is 1.73 bits per heavy atom. The van der Waals surface area contributed by atoms with Crippen molar-refractivity contribution in [1.29, 1.82) is 0 Å². The summed E-state index contributed by atoms with van der Waals surface area (Å²) in [7, 11) is 0. The minimum absolute atomic E-state index is 0.00347. The van der Waals surface area contributed by atoms with Crippen LogP contribution in [0.15, 0.2) is 0 Å². The van der Waals surface area contributed by atoms with E-state index in [0.717, 1.165) is 19.4 Å². The molecule has 0 amide bonds. The molecule has 3 heteroatoms. The van der Waals surface area contributed by atoms with E-state index in [9.17, 15) is 4.39 Å². The topological polar surface area (TPSA) is 38.0 Å². The molecule has 2 nitrogen and oxygen atoms in total. The number of nitrogens with one attached hydrogen (secondary N) is 1. The molecule has 3 atom stereocenters. The molecule has 0 aromatic carbocycles. The molecule has 0 aromatic rings. The zero-order valence-corrected chi connectivity index (χ0v) is 7.02. The van der Waals surface area contributed by atoms with Crippen molar-refractivity contribution in [2.75, 3.05) is 13.1 Å². The van der Waals surface area contributed by atoms with Gasteiger partial charge in [-0.05, 0) is 25.3 Å². The molecular weight excluding hydrogens is 143 g/mol. The molecular formula is C8H17FN2. The van der Waals surface area contributed by atoms with Gasteiger partial charge in [0.2, 0.25) is 0 Å². The average Bonchev–Trinajstić information content (AvgIpc) is 2.03. The molecule has 1 rings (SSSR count). The molecule has 0 spiro atoms. The molecule has 1 heterocycles. The van der Waals surface area contributed by atoms with E-state index in [-0.39, 0.29) is 12.6 Å². The number of alkyl halides is 1. The fraction of sp³-hybridized carbons (Fsp3) is 1.00. The third-order valence-electron chi connectivity index (χ3n) is 2.36. The number of hydrogen-bond acceptors (Lipinski definition) is 2. The molecule has 0 aromatic heterocycles. The van der Waals surface area contributed by atoms with Crippen molar-refractivity contribution in [3.8, 4) is 0 Å². The monoisotopic (exact) mass is 160 g/mol. The van der Waals surface area contributed by atoms with Gasteiger partial charge in [0.15, 0.2) is 0 Å². The lowest BCUT2D eigenvalue weighted by atomic mass is 9.92. The van der Waals surface area contributed by atoms with Crippen LogP contribution in [0.1, 0.15) is 19.8 Å².